The second kappa shape index (κ2) is 8.01. The van der Waals surface area contributed by atoms with Gasteiger partial charge in [-0.15, -0.1) is 0 Å². The van der Waals surface area contributed by atoms with Gasteiger partial charge in [0.15, 0.2) is 0 Å². The largest absolute Gasteiger partial charge is 0.348 e. The Morgan fingerprint density at radius 2 is 1.63 bits per heavy atom. The van der Waals surface area contributed by atoms with Crippen molar-refractivity contribution in [1.82, 2.24) is 10.3 Å². The van der Waals surface area contributed by atoms with Crippen molar-refractivity contribution >= 4 is 21.6 Å². The second-order valence-electron chi connectivity index (χ2n) is 5.98. The van der Waals surface area contributed by atoms with Crippen molar-refractivity contribution in [2.75, 3.05) is 4.72 Å². The van der Waals surface area contributed by atoms with Crippen molar-refractivity contribution in [2.24, 2.45) is 0 Å². The van der Waals surface area contributed by atoms with Gasteiger partial charge >= 0.3 is 0 Å². The van der Waals surface area contributed by atoms with E-state index in [4.69, 9.17) is 0 Å². The van der Waals surface area contributed by atoms with Crippen LogP contribution in [-0.2, 0) is 16.6 Å². The summed E-state index contributed by atoms with van der Waals surface area (Å²) >= 11 is 0. The number of carbonyl (C=O) groups is 1. The molecule has 138 valence electrons. The number of nitrogens with zero attached hydrogens (tertiary/aromatic N) is 1. The molecule has 2 N–H and O–H groups in total. The van der Waals surface area contributed by atoms with Gasteiger partial charge in [-0.05, 0) is 60.5 Å². The Morgan fingerprint density at radius 3 is 2.30 bits per heavy atom. The molecule has 0 unspecified atom stereocenters. The summed E-state index contributed by atoms with van der Waals surface area (Å²) in [5.74, 6) is -0.275. The lowest BCUT2D eigenvalue weighted by Gasteiger charge is -2.11. The van der Waals surface area contributed by atoms with Crippen LogP contribution in [0.1, 0.15) is 21.5 Å². The van der Waals surface area contributed by atoms with E-state index in [1.807, 2.05) is 31.2 Å². The maximum Gasteiger partial charge on any atom is 0.261 e. The molecule has 0 saturated carbocycles. The average molecular weight is 381 g/mol. The highest BCUT2D eigenvalue weighted by atomic mass is 32.2. The van der Waals surface area contributed by atoms with Gasteiger partial charge in [0.25, 0.3) is 15.9 Å². The smallest absolute Gasteiger partial charge is 0.261 e. The first kappa shape index (κ1) is 18.6. The molecule has 0 saturated heterocycles. The molecule has 1 heterocycles. The van der Waals surface area contributed by atoms with E-state index in [1.54, 1.807) is 24.5 Å². The first-order valence-corrected chi connectivity index (χ1v) is 9.80. The molecular formula is C20H19N3O3S. The summed E-state index contributed by atoms with van der Waals surface area (Å²) in [6.45, 7) is 2.20. The normalized spacial score (nSPS) is 11.0. The van der Waals surface area contributed by atoms with Crippen molar-refractivity contribution in [3.8, 4) is 0 Å². The van der Waals surface area contributed by atoms with E-state index in [9.17, 15) is 13.2 Å². The van der Waals surface area contributed by atoms with Gasteiger partial charge in [-0.3, -0.25) is 14.5 Å². The maximum absolute atomic E-state index is 12.5. The van der Waals surface area contributed by atoms with Crippen LogP contribution >= 0.6 is 0 Å². The van der Waals surface area contributed by atoms with Crippen molar-refractivity contribution < 1.29 is 13.2 Å². The van der Waals surface area contributed by atoms with Crippen molar-refractivity contribution in [3.63, 3.8) is 0 Å². The summed E-state index contributed by atoms with van der Waals surface area (Å²) < 4.78 is 27.6. The van der Waals surface area contributed by atoms with Gasteiger partial charge in [-0.1, -0.05) is 18.2 Å². The van der Waals surface area contributed by atoms with Crippen molar-refractivity contribution in [2.45, 2.75) is 18.4 Å². The predicted molar refractivity (Wildman–Crippen MR) is 104 cm³/mol. The van der Waals surface area contributed by atoms with E-state index in [0.717, 1.165) is 11.1 Å². The molecule has 1 aromatic heterocycles. The quantitative estimate of drug-likeness (QED) is 0.687. The lowest BCUT2D eigenvalue weighted by atomic mass is 10.2. The molecule has 3 aromatic rings. The van der Waals surface area contributed by atoms with Crippen molar-refractivity contribution in [1.29, 1.82) is 0 Å². The summed E-state index contributed by atoms with van der Waals surface area (Å²) in [6, 6.07) is 16.6. The zero-order chi connectivity index (χ0) is 19.3. The minimum atomic E-state index is -3.72. The highest BCUT2D eigenvalue weighted by Crippen LogP contribution is 2.19. The Morgan fingerprint density at radius 1 is 0.963 bits per heavy atom. The summed E-state index contributed by atoms with van der Waals surface area (Å²) in [7, 11) is -3.72. The topological polar surface area (TPSA) is 88.2 Å². The molecule has 3 rings (SSSR count). The van der Waals surface area contributed by atoms with Crippen LogP contribution in [0.4, 0.5) is 5.69 Å². The van der Waals surface area contributed by atoms with Crippen LogP contribution in [0, 0.1) is 6.92 Å². The van der Waals surface area contributed by atoms with E-state index >= 15 is 0 Å². The third-order valence-corrected chi connectivity index (χ3v) is 5.40. The minimum Gasteiger partial charge on any atom is -0.348 e. The SMILES string of the molecule is Cc1ccccc1NS(=O)(=O)c1ccc(C(=O)NCc2ccncc2)cc1. The number of pyridine rings is 1. The number of hydrogen-bond donors (Lipinski definition) is 2. The van der Waals surface area contributed by atoms with Gasteiger partial charge in [0, 0.05) is 24.5 Å². The number of amides is 1. The van der Waals surface area contributed by atoms with Crippen LogP contribution in [0.2, 0.25) is 0 Å². The van der Waals surface area contributed by atoms with Crippen LogP contribution < -0.4 is 10.0 Å². The highest BCUT2D eigenvalue weighted by Gasteiger charge is 2.16. The van der Waals surface area contributed by atoms with Crippen LogP contribution in [0.25, 0.3) is 0 Å². The first-order chi connectivity index (χ1) is 13.0. The Bertz CT molecular complexity index is 1030. The van der Waals surface area contributed by atoms with Crippen LogP contribution in [0.5, 0.6) is 0 Å². The molecule has 0 atom stereocenters. The third kappa shape index (κ3) is 4.71. The predicted octanol–water partition coefficient (Wildman–Crippen LogP) is 3.12. The monoisotopic (exact) mass is 381 g/mol. The fourth-order valence-electron chi connectivity index (χ4n) is 2.46. The first-order valence-electron chi connectivity index (χ1n) is 8.31. The zero-order valence-electron chi connectivity index (χ0n) is 14.7. The fraction of sp³-hybridized carbons (Fsp3) is 0.100. The Labute approximate surface area is 158 Å². The Kier molecular flexibility index (Phi) is 5.52. The summed E-state index contributed by atoms with van der Waals surface area (Å²) in [4.78, 5) is 16.2. The molecule has 0 aliphatic rings. The molecule has 6 nitrogen and oxygen atoms in total. The Hall–Kier alpha value is -3.19. The van der Waals surface area contributed by atoms with Gasteiger partial charge in [0.1, 0.15) is 0 Å². The van der Waals surface area contributed by atoms with E-state index in [1.165, 1.54) is 24.3 Å². The number of aryl methyl sites for hydroxylation is 1. The number of aromatic nitrogens is 1. The summed E-state index contributed by atoms with van der Waals surface area (Å²) in [5.41, 5.74) is 2.67. The third-order valence-electron chi connectivity index (χ3n) is 4.02. The lowest BCUT2D eigenvalue weighted by Crippen LogP contribution is -2.23. The number of rotatable bonds is 6. The number of nitrogens with one attached hydrogen (secondary N) is 2. The molecular weight excluding hydrogens is 362 g/mol. The van der Waals surface area contributed by atoms with Crippen LogP contribution in [-0.4, -0.2) is 19.3 Å². The van der Waals surface area contributed by atoms with Gasteiger partial charge in [-0.25, -0.2) is 8.42 Å². The molecule has 0 radical (unpaired) electrons. The van der Waals surface area contributed by atoms with E-state index < -0.39 is 10.0 Å². The maximum atomic E-state index is 12.5. The number of sulfonamides is 1. The summed E-state index contributed by atoms with van der Waals surface area (Å²) in [5, 5.41) is 2.79. The molecule has 0 aliphatic heterocycles. The van der Waals surface area contributed by atoms with Crippen molar-refractivity contribution in [3.05, 3.63) is 89.7 Å². The number of hydrogen-bond acceptors (Lipinski definition) is 4. The molecule has 2 aromatic carbocycles. The zero-order valence-corrected chi connectivity index (χ0v) is 15.5. The molecule has 7 heteroatoms. The molecule has 0 fully saturated rings. The molecule has 0 spiro atoms. The standard InChI is InChI=1S/C20H19N3O3S/c1-15-4-2-3-5-19(15)23-27(25,26)18-8-6-17(7-9-18)20(24)22-14-16-10-12-21-13-11-16/h2-13,23H,14H2,1H3,(H,22,24). The number of anilines is 1. The van der Waals surface area contributed by atoms with Gasteiger partial charge in [0.2, 0.25) is 0 Å². The summed E-state index contributed by atoms with van der Waals surface area (Å²) in [6.07, 6.45) is 3.31. The number of para-hydroxylation sites is 1. The fourth-order valence-corrected chi connectivity index (χ4v) is 3.59. The number of benzene rings is 2. The molecule has 1 amide bonds. The van der Waals surface area contributed by atoms with Crippen LogP contribution in [0.3, 0.4) is 0 Å². The lowest BCUT2D eigenvalue weighted by molar-refractivity contribution is 0.0951. The van der Waals surface area contributed by atoms with E-state index in [2.05, 4.69) is 15.0 Å². The average Bonchev–Trinajstić information content (AvgIpc) is 2.69. The van der Waals surface area contributed by atoms with Gasteiger partial charge in [-0.2, -0.15) is 0 Å². The molecule has 27 heavy (non-hydrogen) atoms. The molecule has 0 aliphatic carbocycles. The minimum absolute atomic E-state index is 0.0939. The van der Waals surface area contributed by atoms with Gasteiger partial charge in [0.05, 0.1) is 10.6 Å². The van der Waals surface area contributed by atoms with Gasteiger partial charge < -0.3 is 5.32 Å². The number of carbonyl (C=O) groups excluding carboxylic acids is 1. The Balaban J connectivity index is 1.69. The van der Waals surface area contributed by atoms with E-state index in [0.29, 0.717) is 17.8 Å². The molecule has 0 bridgehead atoms. The second-order valence-corrected chi connectivity index (χ2v) is 7.67. The van der Waals surface area contributed by atoms with Crippen LogP contribution in [0.15, 0.2) is 78.0 Å². The highest BCUT2D eigenvalue weighted by molar-refractivity contribution is 7.92. The van der Waals surface area contributed by atoms with E-state index in [-0.39, 0.29) is 10.8 Å².